The molecule has 0 aliphatic carbocycles. The highest BCUT2D eigenvalue weighted by molar-refractivity contribution is 5.87. The van der Waals surface area contributed by atoms with Crippen LogP contribution in [0.2, 0.25) is 0 Å². The van der Waals surface area contributed by atoms with Crippen molar-refractivity contribution in [1.82, 2.24) is 4.90 Å². The summed E-state index contributed by atoms with van der Waals surface area (Å²) >= 11 is 0. The van der Waals surface area contributed by atoms with Crippen LogP contribution in [-0.2, 0) is 25.7 Å². The maximum Gasteiger partial charge on any atom is 0.410 e. The summed E-state index contributed by atoms with van der Waals surface area (Å²) in [4.78, 5) is 38.7. The molecule has 1 atom stereocenters. The van der Waals surface area contributed by atoms with Gasteiger partial charge in [0.05, 0.1) is 6.04 Å². The number of unbranched alkanes of at least 4 members (excludes halogenated alkanes) is 1. The smallest absolute Gasteiger partial charge is 0.410 e. The Kier molecular flexibility index (Phi) is 19.9. The van der Waals surface area contributed by atoms with Crippen molar-refractivity contribution in [3.8, 4) is 0 Å². The number of nitrogens with zero attached hydrogens (tertiary/aromatic N) is 1. The molecule has 0 spiro atoms. The minimum atomic E-state index is -0.636. The van der Waals surface area contributed by atoms with Gasteiger partial charge < -0.3 is 9.47 Å². The van der Waals surface area contributed by atoms with Gasteiger partial charge >= 0.3 is 12.1 Å². The SMILES string of the molecule is CC.CC.CCCC(=O)C(CC)N(CCCCC(=O)OCc1ccccc1)C(=O)OC(C)(C)C. The monoisotopic (exact) mass is 479 g/mol. The van der Waals surface area contributed by atoms with E-state index >= 15 is 0 Å². The number of carbonyl (C=O) groups excluding carboxylic acids is 3. The number of ketones is 1. The number of rotatable bonds is 12. The lowest BCUT2D eigenvalue weighted by molar-refractivity contribution is -0.145. The number of hydrogen-bond donors (Lipinski definition) is 0. The Balaban J connectivity index is 0. The maximum atomic E-state index is 12.7. The number of Topliss-reactive ketones (excluding diaryl/α,β-unsaturated/α-hetero) is 1. The molecular weight excluding hydrogens is 430 g/mol. The van der Waals surface area contributed by atoms with Gasteiger partial charge in [-0.2, -0.15) is 0 Å². The van der Waals surface area contributed by atoms with Gasteiger partial charge in [-0.25, -0.2) is 4.79 Å². The average molecular weight is 480 g/mol. The highest BCUT2D eigenvalue weighted by atomic mass is 16.6. The number of amides is 1. The Morgan fingerprint density at radius 2 is 1.50 bits per heavy atom. The van der Waals surface area contributed by atoms with Crippen molar-refractivity contribution in [2.45, 2.75) is 119 Å². The van der Waals surface area contributed by atoms with Gasteiger partial charge in [-0.1, -0.05) is 71.9 Å². The van der Waals surface area contributed by atoms with E-state index in [0.717, 1.165) is 12.0 Å². The van der Waals surface area contributed by atoms with Crippen LogP contribution < -0.4 is 0 Å². The van der Waals surface area contributed by atoms with E-state index < -0.39 is 17.7 Å². The highest BCUT2D eigenvalue weighted by Gasteiger charge is 2.30. The maximum absolute atomic E-state index is 12.7. The first-order chi connectivity index (χ1) is 16.2. The van der Waals surface area contributed by atoms with Gasteiger partial charge in [-0.05, 0) is 52.0 Å². The standard InChI is InChI=1S/C24H37NO5.2C2H6/c1-6-13-21(26)20(7-2)25(23(28)30-24(3,4)5)17-12-11-16-22(27)29-18-19-14-9-8-10-15-19;2*1-2/h8-10,14-15,20H,6-7,11-13,16-18H2,1-5H3;2*1-2H3. The van der Waals surface area contributed by atoms with Gasteiger partial charge in [0.2, 0.25) is 0 Å². The van der Waals surface area contributed by atoms with Crippen LogP contribution in [0.1, 0.15) is 106 Å². The molecule has 0 radical (unpaired) electrons. The molecule has 6 nitrogen and oxygen atoms in total. The molecule has 196 valence electrons. The Morgan fingerprint density at radius 1 is 0.912 bits per heavy atom. The van der Waals surface area contributed by atoms with E-state index in [-0.39, 0.29) is 24.8 Å². The number of carbonyl (C=O) groups is 3. The van der Waals surface area contributed by atoms with Crippen LogP contribution in [0.4, 0.5) is 4.79 Å². The quantitative estimate of drug-likeness (QED) is 0.232. The average Bonchev–Trinajstić information content (AvgIpc) is 2.82. The van der Waals surface area contributed by atoms with Gasteiger partial charge in [0.15, 0.2) is 5.78 Å². The van der Waals surface area contributed by atoms with E-state index in [1.807, 2.05) is 71.9 Å². The lowest BCUT2D eigenvalue weighted by Gasteiger charge is -2.32. The molecule has 34 heavy (non-hydrogen) atoms. The largest absolute Gasteiger partial charge is 0.461 e. The first-order valence-electron chi connectivity index (χ1n) is 12.9. The van der Waals surface area contributed by atoms with E-state index in [4.69, 9.17) is 9.47 Å². The minimum absolute atomic E-state index is 0.0492. The summed E-state index contributed by atoms with van der Waals surface area (Å²) in [5.41, 5.74) is 0.310. The summed E-state index contributed by atoms with van der Waals surface area (Å²) in [6.45, 7) is 17.9. The van der Waals surface area contributed by atoms with Crippen LogP contribution in [0.25, 0.3) is 0 Å². The molecule has 1 rings (SSSR count). The van der Waals surface area contributed by atoms with E-state index in [9.17, 15) is 14.4 Å². The predicted octanol–water partition coefficient (Wildman–Crippen LogP) is 7.34. The number of esters is 1. The van der Waals surface area contributed by atoms with Crippen molar-refractivity contribution < 1.29 is 23.9 Å². The van der Waals surface area contributed by atoms with Gasteiger partial charge in [0, 0.05) is 19.4 Å². The van der Waals surface area contributed by atoms with Gasteiger partial charge in [0.1, 0.15) is 12.2 Å². The van der Waals surface area contributed by atoms with E-state index in [1.54, 1.807) is 20.8 Å². The van der Waals surface area contributed by atoms with Gasteiger partial charge in [0.25, 0.3) is 0 Å². The molecule has 0 aliphatic heterocycles. The minimum Gasteiger partial charge on any atom is -0.461 e. The lowest BCUT2D eigenvalue weighted by atomic mass is 10.0. The van der Waals surface area contributed by atoms with Crippen molar-refractivity contribution in [1.29, 1.82) is 0 Å². The van der Waals surface area contributed by atoms with Crippen molar-refractivity contribution in [2.75, 3.05) is 6.54 Å². The molecule has 0 saturated carbocycles. The van der Waals surface area contributed by atoms with Crippen molar-refractivity contribution in [2.24, 2.45) is 0 Å². The summed E-state index contributed by atoms with van der Waals surface area (Å²) in [5, 5.41) is 0. The van der Waals surface area contributed by atoms with Gasteiger partial charge in [-0.15, -0.1) is 0 Å². The molecule has 1 aromatic rings. The lowest BCUT2D eigenvalue weighted by Crippen LogP contribution is -2.47. The number of benzene rings is 1. The molecule has 6 heteroatoms. The molecule has 0 N–H and O–H groups in total. The second-order valence-corrected chi connectivity index (χ2v) is 8.42. The number of ether oxygens (including phenoxy) is 2. The second-order valence-electron chi connectivity index (χ2n) is 8.42. The zero-order chi connectivity index (χ0) is 26.6. The molecule has 0 fully saturated rings. The Labute approximate surface area is 208 Å². The van der Waals surface area contributed by atoms with Crippen molar-refractivity contribution in [3.63, 3.8) is 0 Å². The van der Waals surface area contributed by atoms with E-state index in [2.05, 4.69) is 0 Å². The van der Waals surface area contributed by atoms with E-state index in [0.29, 0.717) is 32.2 Å². The molecule has 1 unspecified atom stereocenters. The summed E-state index contributed by atoms with van der Waals surface area (Å²) in [6.07, 6.45) is 2.67. The summed E-state index contributed by atoms with van der Waals surface area (Å²) in [6, 6.07) is 9.03. The Morgan fingerprint density at radius 3 is 2.00 bits per heavy atom. The third-order valence-corrected chi connectivity index (χ3v) is 4.53. The van der Waals surface area contributed by atoms with Crippen LogP contribution >= 0.6 is 0 Å². The molecule has 0 heterocycles. The van der Waals surface area contributed by atoms with Crippen LogP contribution in [-0.4, -0.2) is 40.9 Å². The Bertz CT molecular complexity index is 667. The third kappa shape index (κ3) is 15.5. The predicted molar refractivity (Wildman–Crippen MR) is 140 cm³/mol. The molecular formula is C28H49NO5. The van der Waals surface area contributed by atoms with Crippen LogP contribution in [0.3, 0.4) is 0 Å². The second kappa shape index (κ2) is 20.0. The fraction of sp³-hybridized carbons (Fsp3) is 0.679. The molecule has 0 aliphatic rings. The van der Waals surface area contributed by atoms with Crippen LogP contribution in [0.5, 0.6) is 0 Å². The zero-order valence-corrected chi connectivity index (χ0v) is 23.1. The zero-order valence-electron chi connectivity index (χ0n) is 23.1. The van der Waals surface area contributed by atoms with Crippen LogP contribution in [0.15, 0.2) is 30.3 Å². The first kappa shape index (κ1) is 33.8. The summed E-state index contributed by atoms with van der Waals surface area (Å²) < 4.78 is 10.8. The molecule has 0 aromatic heterocycles. The van der Waals surface area contributed by atoms with Gasteiger partial charge in [-0.3, -0.25) is 14.5 Å². The topological polar surface area (TPSA) is 72.9 Å². The molecule has 1 amide bonds. The molecule has 1 aromatic carbocycles. The molecule has 0 saturated heterocycles. The van der Waals surface area contributed by atoms with E-state index in [1.165, 1.54) is 4.90 Å². The fourth-order valence-corrected chi connectivity index (χ4v) is 3.09. The number of hydrogen-bond acceptors (Lipinski definition) is 5. The normalized spacial score (nSPS) is 11.1. The van der Waals surface area contributed by atoms with Crippen molar-refractivity contribution in [3.05, 3.63) is 35.9 Å². The third-order valence-electron chi connectivity index (χ3n) is 4.53. The summed E-state index contributed by atoms with van der Waals surface area (Å²) in [5.74, 6) is -0.218. The fourth-order valence-electron chi connectivity index (χ4n) is 3.09. The first-order valence-corrected chi connectivity index (χ1v) is 12.9. The van der Waals surface area contributed by atoms with Crippen molar-refractivity contribution >= 4 is 17.8 Å². The van der Waals surface area contributed by atoms with Crippen LogP contribution in [0, 0.1) is 0 Å². The summed E-state index contributed by atoms with van der Waals surface area (Å²) in [7, 11) is 0. The Hall–Kier alpha value is -2.37. The highest BCUT2D eigenvalue weighted by Crippen LogP contribution is 2.17. The molecule has 0 bridgehead atoms.